The molecule has 0 aliphatic carbocycles. The Labute approximate surface area is 146 Å². The molecule has 0 fully saturated rings. The Balaban J connectivity index is 2.15. The van der Waals surface area contributed by atoms with E-state index in [0.717, 1.165) is 11.1 Å². The Kier molecular flexibility index (Phi) is 6.86. The van der Waals surface area contributed by atoms with Crippen molar-refractivity contribution >= 4 is 34.1 Å². The zero-order valence-corrected chi connectivity index (χ0v) is 14.1. The average Bonchev–Trinajstić information content (AvgIpc) is 2.61. The summed E-state index contributed by atoms with van der Waals surface area (Å²) in [4.78, 5) is 12.4. The number of carbonyl (C=O) groups is 1. The Morgan fingerprint density at radius 2 is 1.74 bits per heavy atom. The molecule has 2 rings (SSSR count). The fourth-order valence-corrected chi connectivity index (χ4v) is 3.28. The van der Waals surface area contributed by atoms with Crippen molar-refractivity contribution in [2.24, 2.45) is 0 Å². The number of hydrogen-bond donors (Lipinski definition) is 0. The van der Waals surface area contributed by atoms with Crippen LogP contribution in [0.25, 0.3) is 0 Å². The first-order valence-electron chi connectivity index (χ1n) is 7.13. The highest BCUT2D eigenvalue weighted by molar-refractivity contribution is 8.24. The van der Waals surface area contributed by atoms with Gasteiger partial charge in [0.15, 0.2) is 0 Å². The van der Waals surface area contributed by atoms with Crippen molar-refractivity contribution in [1.82, 2.24) is 0 Å². The average molecular weight is 340 g/mol. The van der Waals surface area contributed by atoms with Gasteiger partial charge in [0, 0.05) is 6.42 Å². The third kappa shape index (κ3) is 5.24. The lowest BCUT2D eigenvalue weighted by molar-refractivity contribution is -0.142. The maximum Gasteiger partial charge on any atom is 0.324 e. The Morgan fingerprint density at radius 1 is 1.13 bits per heavy atom. The Hall–Kier alpha value is -2.09. The second-order valence-electron chi connectivity index (χ2n) is 4.68. The minimum Gasteiger partial charge on any atom is -0.464 e. The molecule has 0 bridgehead atoms. The van der Waals surface area contributed by atoms with Crippen molar-refractivity contribution in [3.8, 4) is 12.3 Å². The minimum absolute atomic E-state index is 0.220. The molecule has 0 aliphatic rings. The van der Waals surface area contributed by atoms with E-state index in [1.807, 2.05) is 60.7 Å². The van der Waals surface area contributed by atoms with Crippen LogP contribution in [0.15, 0.2) is 60.7 Å². The van der Waals surface area contributed by atoms with Gasteiger partial charge in [0.25, 0.3) is 0 Å². The molecule has 0 radical (unpaired) electrons. The van der Waals surface area contributed by atoms with Crippen LogP contribution in [0.2, 0.25) is 0 Å². The number of carbonyl (C=O) groups excluding carboxylic acids is 1. The normalized spacial score (nSPS) is 11.3. The number of esters is 1. The van der Waals surface area contributed by atoms with Gasteiger partial charge in [0.05, 0.1) is 4.20 Å². The second kappa shape index (κ2) is 9.14. The molecule has 23 heavy (non-hydrogen) atoms. The molecular formula is C19H16O2S2. The minimum atomic E-state index is -0.498. The number of thioether (sulfide) groups is 1. The molecule has 0 N–H and O–H groups in total. The van der Waals surface area contributed by atoms with E-state index in [0.29, 0.717) is 10.6 Å². The summed E-state index contributed by atoms with van der Waals surface area (Å²) in [6, 6.07) is 19.1. The summed E-state index contributed by atoms with van der Waals surface area (Å²) in [7, 11) is 0. The summed E-state index contributed by atoms with van der Waals surface area (Å²) in [5, 5.41) is -0.498. The predicted molar refractivity (Wildman–Crippen MR) is 99.3 cm³/mol. The van der Waals surface area contributed by atoms with Gasteiger partial charge in [-0.3, -0.25) is 4.79 Å². The first-order chi connectivity index (χ1) is 11.2. The van der Waals surface area contributed by atoms with Crippen molar-refractivity contribution in [2.45, 2.75) is 11.7 Å². The molecule has 2 aromatic carbocycles. The van der Waals surface area contributed by atoms with Crippen LogP contribution in [-0.2, 0) is 9.53 Å². The molecule has 2 nitrogen and oxygen atoms in total. The number of terminal acetylenes is 1. The molecule has 2 aromatic rings. The highest BCUT2D eigenvalue weighted by Crippen LogP contribution is 2.33. The van der Waals surface area contributed by atoms with Crippen LogP contribution >= 0.6 is 24.0 Å². The molecule has 116 valence electrons. The standard InChI is InChI=1S/C19H16O2S2/c1-2-3-14-21-18(20)17(15-10-6-4-7-11-15)23-19(22)16-12-8-5-9-13-16/h1,4-13,17H,3,14H2. The van der Waals surface area contributed by atoms with Gasteiger partial charge in [-0.25, -0.2) is 0 Å². The van der Waals surface area contributed by atoms with Crippen LogP contribution in [0.3, 0.4) is 0 Å². The maximum atomic E-state index is 12.4. The summed E-state index contributed by atoms with van der Waals surface area (Å²) in [5.74, 6) is 2.13. The summed E-state index contributed by atoms with van der Waals surface area (Å²) in [5.41, 5.74) is 1.78. The van der Waals surface area contributed by atoms with Crippen molar-refractivity contribution in [3.63, 3.8) is 0 Å². The maximum absolute atomic E-state index is 12.4. The molecule has 1 atom stereocenters. The molecule has 0 heterocycles. The summed E-state index contributed by atoms with van der Waals surface area (Å²) in [6.45, 7) is 0.220. The lowest BCUT2D eigenvalue weighted by Gasteiger charge is -2.16. The lowest BCUT2D eigenvalue weighted by atomic mass is 10.1. The number of benzene rings is 2. The van der Waals surface area contributed by atoms with E-state index in [1.165, 1.54) is 11.8 Å². The first-order valence-corrected chi connectivity index (χ1v) is 8.42. The molecule has 1 unspecified atom stereocenters. The van der Waals surface area contributed by atoms with Crippen LogP contribution in [-0.4, -0.2) is 16.8 Å². The van der Waals surface area contributed by atoms with E-state index in [2.05, 4.69) is 5.92 Å². The monoisotopic (exact) mass is 340 g/mol. The topological polar surface area (TPSA) is 26.3 Å². The zero-order chi connectivity index (χ0) is 16.5. The molecule has 4 heteroatoms. The predicted octanol–water partition coefficient (Wildman–Crippen LogP) is 4.40. The summed E-state index contributed by atoms with van der Waals surface area (Å²) >= 11 is 6.80. The van der Waals surface area contributed by atoms with Crippen molar-refractivity contribution in [2.75, 3.05) is 6.61 Å². The number of hydrogen-bond acceptors (Lipinski definition) is 4. The number of rotatable bonds is 6. The molecule has 0 spiro atoms. The van der Waals surface area contributed by atoms with Crippen molar-refractivity contribution in [1.29, 1.82) is 0 Å². The first kappa shape index (κ1) is 17.3. The fraction of sp³-hybridized carbons (Fsp3) is 0.158. The molecule has 0 saturated heterocycles. The van der Waals surface area contributed by atoms with Gasteiger partial charge in [-0.2, -0.15) is 0 Å². The Bertz CT molecular complexity index is 690. The summed E-state index contributed by atoms with van der Waals surface area (Å²) < 4.78 is 5.93. The van der Waals surface area contributed by atoms with E-state index in [1.54, 1.807) is 0 Å². The van der Waals surface area contributed by atoms with Gasteiger partial charge in [-0.15, -0.1) is 12.3 Å². The van der Waals surface area contributed by atoms with Crippen LogP contribution in [0.1, 0.15) is 22.8 Å². The third-order valence-electron chi connectivity index (χ3n) is 3.04. The second-order valence-corrected chi connectivity index (χ2v) is 6.47. The van der Waals surface area contributed by atoms with Crippen molar-refractivity contribution in [3.05, 3.63) is 71.8 Å². The number of ether oxygens (including phenoxy) is 1. The molecule has 0 saturated carbocycles. The van der Waals surface area contributed by atoms with Gasteiger partial charge in [0.1, 0.15) is 11.9 Å². The van der Waals surface area contributed by atoms with Crippen LogP contribution in [0.4, 0.5) is 0 Å². The van der Waals surface area contributed by atoms with Gasteiger partial charge in [-0.05, 0) is 11.1 Å². The SMILES string of the molecule is C#CCCOC(=O)C(SC(=S)c1ccccc1)c1ccccc1. The lowest BCUT2D eigenvalue weighted by Crippen LogP contribution is -2.15. The molecule has 0 aliphatic heterocycles. The van der Waals surface area contributed by atoms with Gasteiger partial charge >= 0.3 is 5.97 Å². The van der Waals surface area contributed by atoms with Crippen LogP contribution in [0.5, 0.6) is 0 Å². The van der Waals surface area contributed by atoms with Gasteiger partial charge < -0.3 is 4.74 Å². The third-order valence-corrected chi connectivity index (χ3v) is 4.72. The zero-order valence-electron chi connectivity index (χ0n) is 12.5. The fourth-order valence-electron chi connectivity index (χ4n) is 1.92. The molecule has 0 amide bonds. The van der Waals surface area contributed by atoms with Gasteiger partial charge in [0.2, 0.25) is 0 Å². The number of thiocarbonyl (C=S) groups is 1. The largest absolute Gasteiger partial charge is 0.464 e. The van der Waals surface area contributed by atoms with Crippen molar-refractivity contribution < 1.29 is 9.53 Å². The quantitative estimate of drug-likeness (QED) is 0.337. The van der Waals surface area contributed by atoms with E-state index in [4.69, 9.17) is 23.4 Å². The van der Waals surface area contributed by atoms with Crippen LogP contribution < -0.4 is 0 Å². The van der Waals surface area contributed by atoms with E-state index >= 15 is 0 Å². The highest BCUT2D eigenvalue weighted by Gasteiger charge is 2.24. The van der Waals surface area contributed by atoms with Crippen LogP contribution in [0, 0.1) is 12.3 Å². The van der Waals surface area contributed by atoms with E-state index < -0.39 is 5.25 Å². The van der Waals surface area contributed by atoms with Gasteiger partial charge in [-0.1, -0.05) is 84.6 Å². The smallest absolute Gasteiger partial charge is 0.324 e. The highest BCUT2D eigenvalue weighted by atomic mass is 32.2. The molecular weight excluding hydrogens is 324 g/mol. The molecule has 0 aromatic heterocycles. The summed E-state index contributed by atoms with van der Waals surface area (Å²) in [6.07, 6.45) is 5.60. The van der Waals surface area contributed by atoms with E-state index in [-0.39, 0.29) is 12.6 Å². The van der Waals surface area contributed by atoms with E-state index in [9.17, 15) is 4.79 Å². The Morgan fingerprint density at radius 3 is 2.35 bits per heavy atom.